The molecule has 1 atom stereocenters. The Bertz CT molecular complexity index is 1170. The number of amides is 1. The number of anilines is 2. The van der Waals surface area contributed by atoms with Crippen molar-refractivity contribution in [3.05, 3.63) is 53.9 Å². The van der Waals surface area contributed by atoms with Gasteiger partial charge in [0, 0.05) is 25.1 Å². The number of aryl methyl sites for hydroxylation is 2. The molecule has 1 saturated heterocycles. The number of hydrogen-bond acceptors (Lipinski definition) is 6. The van der Waals surface area contributed by atoms with Gasteiger partial charge < -0.3 is 24.7 Å². The second kappa shape index (κ2) is 11.4. The molecule has 0 radical (unpaired) electrons. The molecule has 8 heteroatoms. The Labute approximate surface area is 206 Å². The Morgan fingerprint density at radius 1 is 1.26 bits per heavy atom. The van der Waals surface area contributed by atoms with Gasteiger partial charge in [-0.1, -0.05) is 44.2 Å². The third-order valence-electron chi connectivity index (χ3n) is 6.34. The van der Waals surface area contributed by atoms with Gasteiger partial charge in [-0.25, -0.2) is 9.78 Å². The molecule has 0 spiro atoms. The zero-order valence-corrected chi connectivity index (χ0v) is 20.7. The molecule has 3 aromatic rings. The average Bonchev–Trinajstić information content (AvgIpc) is 3.50. The molecule has 3 heterocycles. The van der Waals surface area contributed by atoms with E-state index in [0.29, 0.717) is 60.9 Å². The lowest BCUT2D eigenvalue weighted by molar-refractivity contribution is -0.119. The number of benzene rings is 1. The van der Waals surface area contributed by atoms with Crippen LogP contribution < -0.4 is 10.6 Å². The number of methoxy groups -OCH3 is 1. The number of esters is 1. The molecule has 2 aromatic heterocycles. The number of rotatable bonds is 10. The maximum atomic E-state index is 13.1. The van der Waals surface area contributed by atoms with Crippen molar-refractivity contribution >= 4 is 34.3 Å². The van der Waals surface area contributed by atoms with E-state index in [9.17, 15) is 9.59 Å². The van der Waals surface area contributed by atoms with Crippen LogP contribution in [0.25, 0.3) is 11.0 Å². The van der Waals surface area contributed by atoms with Gasteiger partial charge >= 0.3 is 5.97 Å². The second-order valence-corrected chi connectivity index (χ2v) is 9.36. The number of hydrogen-bond donors (Lipinski definition) is 2. The summed E-state index contributed by atoms with van der Waals surface area (Å²) in [5.41, 5.74) is 3.36. The van der Waals surface area contributed by atoms with E-state index in [1.807, 2.05) is 28.8 Å². The van der Waals surface area contributed by atoms with Crippen LogP contribution in [0.3, 0.4) is 0 Å². The van der Waals surface area contributed by atoms with E-state index in [4.69, 9.17) is 14.5 Å². The number of nitrogens with zero attached hydrogens (tertiary/aromatic N) is 2. The van der Waals surface area contributed by atoms with Crippen LogP contribution in [-0.4, -0.2) is 48.3 Å². The first-order valence-corrected chi connectivity index (χ1v) is 12.2. The Hall–Kier alpha value is -3.39. The van der Waals surface area contributed by atoms with Crippen LogP contribution in [0.15, 0.2) is 42.6 Å². The van der Waals surface area contributed by atoms with Crippen LogP contribution >= 0.6 is 0 Å². The molecule has 35 heavy (non-hydrogen) atoms. The van der Waals surface area contributed by atoms with E-state index in [0.717, 1.165) is 24.2 Å². The predicted octanol–water partition coefficient (Wildman–Crippen LogP) is 4.50. The van der Waals surface area contributed by atoms with E-state index in [1.165, 1.54) is 7.11 Å². The van der Waals surface area contributed by atoms with E-state index in [1.54, 1.807) is 6.20 Å². The quantitative estimate of drug-likeness (QED) is 0.417. The minimum atomic E-state index is -0.511. The molecule has 1 aliphatic heterocycles. The van der Waals surface area contributed by atoms with Crippen molar-refractivity contribution in [3.8, 4) is 0 Å². The first-order valence-electron chi connectivity index (χ1n) is 12.2. The van der Waals surface area contributed by atoms with E-state index >= 15 is 0 Å². The summed E-state index contributed by atoms with van der Waals surface area (Å²) in [5, 5.41) is 7.14. The maximum absolute atomic E-state index is 13.1. The molecule has 1 unspecified atom stereocenters. The average molecular weight is 479 g/mol. The van der Waals surface area contributed by atoms with Gasteiger partial charge in [-0.15, -0.1) is 0 Å². The Balaban J connectivity index is 1.75. The van der Waals surface area contributed by atoms with Crippen molar-refractivity contribution in [3.63, 3.8) is 0 Å². The number of nitrogens with one attached hydrogen (secondary N) is 2. The molecule has 1 fully saturated rings. The summed E-state index contributed by atoms with van der Waals surface area (Å²) < 4.78 is 12.4. The molecule has 186 valence electrons. The van der Waals surface area contributed by atoms with Gasteiger partial charge in [-0.2, -0.15) is 0 Å². The molecule has 4 rings (SSSR count). The first-order chi connectivity index (χ1) is 17.0. The van der Waals surface area contributed by atoms with Crippen molar-refractivity contribution in [1.82, 2.24) is 9.55 Å². The van der Waals surface area contributed by atoms with Crippen LogP contribution in [0, 0.1) is 11.8 Å². The van der Waals surface area contributed by atoms with Gasteiger partial charge in [0.1, 0.15) is 5.65 Å². The Morgan fingerprint density at radius 3 is 2.74 bits per heavy atom. The summed E-state index contributed by atoms with van der Waals surface area (Å²) >= 11 is 0. The Kier molecular flexibility index (Phi) is 8.02. The van der Waals surface area contributed by atoms with Gasteiger partial charge in [0.15, 0.2) is 5.69 Å². The number of fused-ring (bicyclic) bond motifs is 1. The van der Waals surface area contributed by atoms with Crippen LogP contribution in [0.2, 0.25) is 0 Å². The van der Waals surface area contributed by atoms with Crippen LogP contribution in [0.4, 0.5) is 11.4 Å². The summed E-state index contributed by atoms with van der Waals surface area (Å²) in [4.78, 5) is 30.8. The largest absolute Gasteiger partial charge is 0.464 e. The fourth-order valence-electron chi connectivity index (χ4n) is 4.33. The lowest BCUT2D eigenvalue weighted by atomic mass is 10.1. The zero-order chi connectivity index (χ0) is 24.8. The van der Waals surface area contributed by atoms with Crippen molar-refractivity contribution in [2.75, 3.05) is 37.5 Å². The fraction of sp³-hybridized carbons (Fsp3) is 0.444. The SMILES string of the molecule is COC(=O)c1c(NC(=O)C2CCOC2)c2cc(NCCC(C)C)cnc2n1CCc1ccccc1. The number of carbonyl (C=O) groups is 2. The first kappa shape index (κ1) is 24.7. The van der Waals surface area contributed by atoms with Crippen LogP contribution in [0.5, 0.6) is 0 Å². The zero-order valence-electron chi connectivity index (χ0n) is 20.7. The lowest BCUT2D eigenvalue weighted by Gasteiger charge is -2.12. The number of aromatic nitrogens is 2. The molecule has 8 nitrogen and oxygen atoms in total. The predicted molar refractivity (Wildman–Crippen MR) is 137 cm³/mol. The number of pyridine rings is 1. The molecule has 0 saturated carbocycles. The lowest BCUT2D eigenvalue weighted by Crippen LogP contribution is -2.24. The number of carbonyl (C=O) groups excluding carboxylic acids is 2. The standard InChI is InChI=1S/C27H34N4O4/c1-18(2)9-12-28-21-15-22-23(30-26(32)20-11-14-35-17-20)24(27(33)34-3)31(25(22)29-16-21)13-10-19-7-5-4-6-8-19/h4-8,15-16,18,20,28H,9-14,17H2,1-3H3,(H,30,32). The van der Waals surface area contributed by atoms with Gasteiger partial charge in [0.2, 0.25) is 5.91 Å². The van der Waals surface area contributed by atoms with E-state index < -0.39 is 5.97 Å². The van der Waals surface area contributed by atoms with Crippen molar-refractivity contribution in [2.45, 2.75) is 39.7 Å². The van der Waals surface area contributed by atoms with Crippen molar-refractivity contribution in [1.29, 1.82) is 0 Å². The summed E-state index contributed by atoms with van der Waals surface area (Å²) in [6, 6.07) is 12.0. The maximum Gasteiger partial charge on any atom is 0.356 e. The third-order valence-corrected chi connectivity index (χ3v) is 6.34. The fourth-order valence-corrected chi connectivity index (χ4v) is 4.33. The molecule has 2 N–H and O–H groups in total. The second-order valence-electron chi connectivity index (χ2n) is 9.36. The van der Waals surface area contributed by atoms with Crippen LogP contribution in [-0.2, 0) is 27.2 Å². The Morgan fingerprint density at radius 2 is 2.06 bits per heavy atom. The third kappa shape index (κ3) is 5.82. The normalized spacial score (nSPS) is 15.5. The van der Waals surface area contributed by atoms with Crippen molar-refractivity contribution < 1.29 is 19.1 Å². The summed E-state index contributed by atoms with van der Waals surface area (Å²) in [5.74, 6) is -0.340. The molecular formula is C27H34N4O4. The van der Waals surface area contributed by atoms with Gasteiger partial charge in [-0.3, -0.25) is 4.79 Å². The minimum Gasteiger partial charge on any atom is -0.464 e. The highest BCUT2D eigenvalue weighted by Crippen LogP contribution is 2.33. The van der Waals surface area contributed by atoms with E-state index in [-0.39, 0.29) is 11.8 Å². The van der Waals surface area contributed by atoms with Crippen molar-refractivity contribution in [2.24, 2.45) is 11.8 Å². The molecule has 1 amide bonds. The molecule has 1 aromatic carbocycles. The highest BCUT2D eigenvalue weighted by atomic mass is 16.5. The van der Waals surface area contributed by atoms with E-state index in [2.05, 4.69) is 36.6 Å². The van der Waals surface area contributed by atoms with Gasteiger partial charge in [0.05, 0.1) is 37.2 Å². The summed E-state index contributed by atoms with van der Waals surface area (Å²) in [7, 11) is 1.35. The minimum absolute atomic E-state index is 0.159. The highest BCUT2D eigenvalue weighted by molar-refractivity contribution is 6.11. The molecule has 1 aliphatic rings. The molecule has 0 aliphatic carbocycles. The van der Waals surface area contributed by atoms with Crippen LogP contribution in [0.1, 0.15) is 42.7 Å². The summed E-state index contributed by atoms with van der Waals surface area (Å²) in [6.07, 6.45) is 4.16. The van der Waals surface area contributed by atoms with Gasteiger partial charge in [-0.05, 0) is 36.8 Å². The topological polar surface area (TPSA) is 94.5 Å². The smallest absolute Gasteiger partial charge is 0.356 e. The summed E-state index contributed by atoms with van der Waals surface area (Å²) in [6.45, 7) is 6.63. The van der Waals surface area contributed by atoms with Gasteiger partial charge in [0.25, 0.3) is 0 Å². The molecular weight excluding hydrogens is 444 g/mol. The number of ether oxygens (including phenoxy) is 2. The molecule has 0 bridgehead atoms. The monoisotopic (exact) mass is 478 g/mol. The highest BCUT2D eigenvalue weighted by Gasteiger charge is 2.29.